The highest BCUT2D eigenvalue weighted by atomic mass is 19.4. The lowest BCUT2D eigenvalue weighted by molar-refractivity contribution is -0.146. The topological polar surface area (TPSA) is 67.9 Å². The van der Waals surface area contributed by atoms with Gasteiger partial charge in [0.05, 0.1) is 20.6 Å². The smallest absolute Gasteiger partial charge is 0.390 e. The number of amides is 2. The summed E-state index contributed by atoms with van der Waals surface area (Å²) in [5, 5.41) is 2.62. The first-order chi connectivity index (χ1) is 13.0. The number of benzene rings is 1. The van der Waals surface area contributed by atoms with Gasteiger partial charge in [0, 0.05) is 24.7 Å². The fraction of sp³-hybridized carbons (Fsp3) is 0.579. The molecule has 0 saturated heterocycles. The van der Waals surface area contributed by atoms with Crippen LogP contribution in [0.2, 0.25) is 0 Å². The van der Waals surface area contributed by atoms with E-state index in [1.54, 1.807) is 26.8 Å². The van der Waals surface area contributed by atoms with E-state index in [1.807, 2.05) is 0 Å². The number of likely N-dealkylation sites (N-methyl/N-ethyl adjacent to an activating group) is 1. The van der Waals surface area contributed by atoms with Gasteiger partial charge in [-0.15, -0.1) is 0 Å². The van der Waals surface area contributed by atoms with Crippen LogP contribution in [0.1, 0.15) is 37.6 Å². The minimum atomic E-state index is -4.36. The Morgan fingerprint density at radius 3 is 2.04 bits per heavy atom. The van der Waals surface area contributed by atoms with Gasteiger partial charge in [-0.25, -0.2) is 0 Å². The van der Waals surface area contributed by atoms with E-state index < -0.39 is 37.0 Å². The maximum atomic E-state index is 12.7. The Kier molecular flexibility index (Phi) is 8.59. The Balaban J connectivity index is 3.00. The van der Waals surface area contributed by atoms with Crippen LogP contribution in [-0.4, -0.2) is 56.2 Å². The number of hydrogen-bond donors (Lipinski definition) is 1. The molecule has 0 saturated carbocycles. The summed E-state index contributed by atoms with van der Waals surface area (Å²) in [5.74, 6) is -0.612. The van der Waals surface area contributed by atoms with E-state index in [1.165, 1.54) is 26.4 Å². The van der Waals surface area contributed by atoms with Crippen molar-refractivity contribution in [2.24, 2.45) is 5.92 Å². The van der Waals surface area contributed by atoms with E-state index in [9.17, 15) is 22.8 Å². The summed E-state index contributed by atoms with van der Waals surface area (Å²) >= 11 is 0. The monoisotopic (exact) mass is 404 g/mol. The zero-order chi connectivity index (χ0) is 21.5. The second-order valence-electron chi connectivity index (χ2n) is 6.58. The van der Waals surface area contributed by atoms with E-state index >= 15 is 0 Å². The second-order valence-corrected chi connectivity index (χ2v) is 6.58. The maximum absolute atomic E-state index is 12.7. The van der Waals surface area contributed by atoms with Crippen LogP contribution in [0.4, 0.5) is 13.2 Å². The van der Waals surface area contributed by atoms with Crippen molar-refractivity contribution in [3.05, 3.63) is 23.8 Å². The molecule has 0 bridgehead atoms. The number of carbonyl (C=O) groups excluding carboxylic acids is 2. The van der Waals surface area contributed by atoms with Crippen LogP contribution in [0.15, 0.2) is 18.2 Å². The molecule has 0 aliphatic heterocycles. The van der Waals surface area contributed by atoms with Crippen molar-refractivity contribution in [1.82, 2.24) is 10.2 Å². The highest BCUT2D eigenvalue weighted by molar-refractivity contribution is 5.98. The number of carbonyl (C=O) groups is 2. The first kappa shape index (κ1) is 23.6. The van der Waals surface area contributed by atoms with Crippen molar-refractivity contribution in [3.63, 3.8) is 0 Å². The third-order valence-electron chi connectivity index (χ3n) is 4.19. The van der Waals surface area contributed by atoms with Gasteiger partial charge in [0.25, 0.3) is 5.91 Å². The highest BCUT2D eigenvalue weighted by Gasteiger charge is 2.32. The molecule has 1 rings (SSSR count). The van der Waals surface area contributed by atoms with Gasteiger partial charge in [-0.2, -0.15) is 13.2 Å². The average Bonchev–Trinajstić information content (AvgIpc) is 2.64. The van der Waals surface area contributed by atoms with Gasteiger partial charge in [-0.1, -0.05) is 13.8 Å². The Hall–Kier alpha value is -2.45. The van der Waals surface area contributed by atoms with Gasteiger partial charge >= 0.3 is 6.18 Å². The summed E-state index contributed by atoms with van der Waals surface area (Å²) in [7, 11) is 2.88. The van der Waals surface area contributed by atoms with Gasteiger partial charge in [0.15, 0.2) is 0 Å². The number of halogens is 3. The third kappa shape index (κ3) is 6.94. The summed E-state index contributed by atoms with van der Waals surface area (Å²) in [6.07, 6.45) is -5.46. The highest BCUT2D eigenvalue weighted by Crippen LogP contribution is 2.23. The fourth-order valence-corrected chi connectivity index (χ4v) is 2.56. The molecule has 0 fully saturated rings. The predicted molar refractivity (Wildman–Crippen MR) is 98.6 cm³/mol. The third-order valence-corrected chi connectivity index (χ3v) is 4.19. The van der Waals surface area contributed by atoms with Crippen LogP contribution in [0.3, 0.4) is 0 Å². The molecule has 28 heavy (non-hydrogen) atoms. The molecule has 0 aliphatic rings. The molecule has 0 aromatic heterocycles. The minimum absolute atomic E-state index is 0.112. The lowest BCUT2D eigenvalue weighted by Crippen LogP contribution is -2.51. The predicted octanol–water partition coefficient (Wildman–Crippen LogP) is 3.26. The number of ether oxygens (including phenoxy) is 2. The molecule has 0 radical (unpaired) electrons. The molecule has 0 heterocycles. The van der Waals surface area contributed by atoms with Gasteiger partial charge in [-0.3, -0.25) is 9.59 Å². The number of alkyl halides is 3. The Labute approximate surface area is 163 Å². The summed E-state index contributed by atoms with van der Waals surface area (Å²) in [5.41, 5.74) is 0.216. The van der Waals surface area contributed by atoms with E-state index in [0.29, 0.717) is 11.5 Å². The molecule has 9 heteroatoms. The first-order valence-electron chi connectivity index (χ1n) is 8.91. The van der Waals surface area contributed by atoms with E-state index in [2.05, 4.69) is 5.32 Å². The number of methoxy groups -OCH3 is 2. The molecule has 2 amide bonds. The van der Waals surface area contributed by atoms with Crippen LogP contribution in [0.5, 0.6) is 11.5 Å². The van der Waals surface area contributed by atoms with E-state index in [-0.39, 0.29) is 18.0 Å². The van der Waals surface area contributed by atoms with Crippen molar-refractivity contribution in [2.45, 2.75) is 39.4 Å². The van der Waals surface area contributed by atoms with Gasteiger partial charge in [0.1, 0.15) is 17.5 Å². The van der Waals surface area contributed by atoms with E-state index in [4.69, 9.17) is 9.47 Å². The standard InChI is InChI=1S/C19H27F3N2O4/c1-6-24(8-7-19(20,21)22)18(26)16(12(2)3)23-17(25)13-9-14(27-4)11-15(10-13)28-5/h9-12,16H,6-8H2,1-5H3,(H,23,25). The zero-order valence-electron chi connectivity index (χ0n) is 16.7. The molecule has 1 N–H and O–H groups in total. The molecule has 1 aromatic rings. The molecule has 0 aliphatic carbocycles. The summed E-state index contributed by atoms with van der Waals surface area (Å²) in [6.45, 7) is 4.69. The number of nitrogens with one attached hydrogen (secondary N) is 1. The van der Waals surface area contributed by atoms with Crippen LogP contribution < -0.4 is 14.8 Å². The summed E-state index contributed by atoms with van der Waals surface area (Å²) in [4.78, 5) is 26.5. The largest absolute Gasteiger partial charge is 0.497 e. The Bertz CT molecular complexity index is 655. The number of rotatable bonds is 9. The van der Waals surface area contributed by atoms with Crippen molar-refractivity contribution in [2.75, 3.05) is 27.3 Å². The first-order valence-corrected chi connectivity index (χ1v) is 8.91. The molecule has 158 valence electrons. The van der Waals surface area contributed by atoms with Crippen molar-refractivity contribution >= 4 is 11.8 Å². The molecule has 6 nitrogen and oxygen atoms in total. The molecule has 0 spiro atoms. The van der Waals surface area contributed by atoms with Crippen molar-refractivity contribution in [3.8, 4) is 11.5 Å². The van der Waals surface area contributed by atoms with Crippen molar-refractivity contribution in [1.29, 1.82) is 0 Å². The van der Waals surface area contributed by atoms with E-state index in [0.717, 1.165) is 4.90 Å². The van der Waals surface area contributed by atoms with Crippen LogP contribution >= 0.6 is 0 Å². The SMILES string of the molecule is CCN(CCC(F)(F)F)C(=O)C(NC(=O)c1cc(OC)cc(OC)c1)C(C)C. The number of hydrogen-bond acceptors (Lipinski definition) is 4. The molecule has 1 aromatic carbocycles. The quantitative estimate of drug-likeness (QED) is 0.686. The maximum Gasteiger partial charge on any atom is 0.390 e. The molecular weight excluding hydrogens is 377 g/mol. The summed E-state index contributed by atoms with van der Waals surface area (Å²) in [6, 6.07) is 3.61. The average molecular weight is 404 g/mol. The van der Waals surface area contributed by atoms with Crippen LogP contribution in [-0.2, 0) is 4.79 Å². The molecule has 1 unspecified atom stereocenters. The fourth-order valence-electron chi connectivity index (χ4n) is 2.56. The number of nitrogens with zero attached hydrogens (tertiary/aromatic N) is 1. The van der Waals surface area contributed by atoms with Gasteiger partial charge < -0.3 is 19.7 Å². The normalized spacial score (nSPS) is 12.5. The lowest BCUT2D eigenvalue weighted by Gasteiger charge is -2.29. The molecular formula is C19H27F3N2O4. The van der Waals surface area contributed by atoms with Gasteiger partial charge in [-0.05, 0) is 25.0 Å². The minimum Gasteiger partial charge on any atom is -0.497 e. The summed E-state index contributed by atoms with van der Waals surface area (Å²) < 4.78 is 47.8. The van der Waals surface area contributed by atoms with Gasteiger partial charge in [0.2, 0.25) is 5.91 Å². The zero-order valence-corrected chi connectivity index (χ0v) is 16.7. The lowest BCUT2D eigenvalue weighted by atomic mass is 10.0. The van der Waals surface area contributed by atoms with Crippen molar-refractivity contribution < 1.29 is 32.2 Å². The van der Waals surface area contributed by atoms with Crippen LogP contribution in [0, 0.1) is 5.92 Å². The van der Waals surface area contributed by atoms with Crippen LogP contribution in [0.25, 0.3) is 0 Å². The second kappa shape index (κ2) is 10.2. The Morgan fingerprint density at radius 2 is 1.64 bits per heavy atom. The Morgan fingerprint density at radius 1 is 1.11 bits per heavy atom. The molecule has 1 atom stereocenters.